The van der Waals surface area contributed by atoms with Crippen molar-refractivity contribution in [2.45, 2.75) is 0 Å². The Morgan fingerprint density at radius 2 is 2.18 bits per heavy atom. The van der Waals surface area contributed by atoms with E-state index in [1.54, 1.807) is 0 Å². The van der Waals surface area contributed by atoms with Gasteiger partial charge in [0.15, 0.2) is 0 Å². The van der Waals surface area contributed by atoms with Gasteiger partial charge in [0, 0.05) is 12.1 Å². The Bertz CT molecular complexity index is 433. The SMILES string of the molecule is COC(=O)CNc1cc([N+](=O)[O-])ccc1OC. The monoisotopic (exact) mass is 240 g/mol. The van der Waals surface area contributed by atoms with Crippen LogP contribution in [0.15, 0.2) is 18.2 Å². The van der Waals surface area contributed by atoms with Gasteiger partial charge in [0.1, 0.15) is 12.3 Å². The molecule has 0 saturated carbocycles. The van der Waals surface area contributed by atoms with Gasteiger partial charge in [-0.1, -0.05) is 0 Å². The third-order valence-electron chi connectivity index (χ3n) is 2.04. The number of ether oxygens (including phenoxy) is 2. The number of anilines is 1. The predicted octanol–water partition coefficient (Wildman–Crippen LogP) is 1.19. The van der Waals surface area contributed by atoms with Gasteiger partial charge in [-0.2, -0.15) is 0 Å². The second-order valence-electron chi connectivity index (χ2n) is 3.07. The Kier molecular flexibility index (Phi) is 4.27. The summed E-state index contributed by atoms with van der Waals surface area (Å²) in [6.45, 7) is -0.0893. The van der Waals surface area contributed by atoms with Crippen molar-refractivity contribution >= 4 is 17.3 Å². The first-order valence-electron chi connectivity index (χ1n) is 4.71. The highest BCUT2D eigenvalue weighted by Gasteiger charge is 2.12. The summed E-state index contributed by atoms with van der Waals surface area (Å²) < 4.78 is 9.46. The van der Waals surface area contributed by atoms with Crippen molar-refractivity contribution < 1.29 is 19.2 Å². The minimum Gasteiger partial charge on any atom is -0.495 e. The number of rotatable bonds is 5. The lowest BCUT2D eigenvalue weighted by atomic mass is 10.2. The molecule has 1 aromatic carbocycles. The van der Waals surface area contributed by atoms with Gasteiger partial charge in [0.2, 0.25) is 0 Å². The van der Waals surface area contributed by atoms with E-state index in [4.69, 9.17) is 4.74 Å². The summed E-state index contributed by atoms with van der Waals surface area (Å²) in [5.74, 6) is -0.0573. The Hall–Kier alpha value is -2.31. The third kappa shape index (κ3) is 3.33. The topological polar surface area (TPSA) is 90.7 Å². The van der Waals surface area contributed by atoms with Gasteiger partial charge >= 0.3 is 5.97 Å². The summed E-state index contributed by atoms with van der Waals surface area (Å²) >= 11 is 0. The number of benzene rings is 1. The minimum atomic E-state index is -0.525. The summed E-state index contributed by atoms with van der Waals surface area (Å²) in [4.78, 5) is 21.0. The van der Waals surface area contributed by atoms with Crippen LogP contribution in [-0.4, -0.2) is 31.7 Å². The van der Waals surface area contributed by atoms with E-state index >= 15 is 0 Å². The van der Waals surface area contributed by atoms with E-state index in [-0.39, 0.29) is 12.2 Å². The molecule has 0 amide bonds. The molecule has 7 nitrogen and oxygen atoms in total. The number of nitro benzene ring substituents is 1. The zero-order valence-electron chi connectivity index (χ0n) is 9.43. The molecule has 0 atom stereocenters. The molecule has 0 heterocycles. The minimum absolute atomic E-state index is 0.0850. The van der Waals surface area contributed by atoms with Crippen LogP contribution in [0.4, 0.5) is 11.4 Å². The fourth-order valence-electron chi connectivity index (χ4n) is 1.19. The van der Waals surface area contributed by atoms with Crippen LogP contribution in [0.3, 0.4) is 0 Å². The van der Waals surface area contributed by atoms with E-state index in [1.807, 2.05) is 0 Å². The maximum absolute atomic E-state index is 10.9. The number of carbonyl (C=O) groups excluding carboxylic acids is 1. The highest BCUT2D eigenvalue weighted by atomic mass is 16.6. The number of esters is 1. The maximum atomic E-state index is 10.9. The van der Waals surface area contributed by atoms with Crippen LogP contribution in [0.5, 0.6) is 5.75 Å². The molecule has 1 rings (SSSR count). The average molecular weight is 240 g/mol. The van der Waals surface area contributed by atoms with Crippen LogP contribution in [0.1, 0.15) is 0 Å². The Balaban J connectivity index is 2.90. The molecular formula is C10H12N2O5. The summed E-state index contributed by atoms with van der Waals surface area (Å²) in [5.41, 5.74) is 0.283. The molecule has 1 N–H and O–H groups in total. The Morgan fingerprint density at radius 1 is 1.47 bits per heavy atom. The van der Waals surface area contributed by atoms with E-state index in [0.29, 0.717) is 11.4 Å². The van der Waals surface area contributed by atoms with Crippen LogP contribution in [0, 0.1) is 10.1 Å². The van der Waals surface area contributed by atoms with Crippen LogP contribution in [0.2, 0.25) is 0 Å². The van der Waals surface area contributed by atoms with Gasteiger partial charge in [-0.25, -0.2) is 0 Å². The van der Waals surface area contributed by atoms with E-state index in [1.165, 1.54) is 32.4 Å². The molecule has 0 aliphatic rings. The number of nitrogens with one attached hydrogen (secondary N) is 1. The van der Waals surface area contributed by atoms with Crippen molar-refractivity contribution in [2.24, 2.45) is 0 Å². The second-order valence-corrected chi connectivity index (χ2v) is 3.07. The van der Waals surface area contributed by atoms with Crippen molar-refractivity contribution in [1.29, 1.82) is 0 Å². The Labute approximate surface area is 97.5 Å². The first-order valence-corrected chi connectivity index (χ1v) is 4.71. The number of methoxy groups -OCH3 is 2. The van der Waals surface area contributed by atoms with Crippen molar-refractivity contribution in [1.82, 2.24) is 0 Å². The average Bonchev–Trinajstić information content (AvgIpc) is 2.35. The molecule has 1 aromatic rings. The maximum Gasteiger partial charge on any atom is 0.325 e. The van der Waals surface area contributed by atoms with E-state index < -0.39 is 10.9 Å². The zero-order valence-corrected chi connectivity index (χ0v) is 9.43. The number of hydrogen-bond donors (Lipinski definition) is 1. The van der Waals surface area contributed by atoms with Gasteiger partial charge in [-0.15, -0.1) is 0 Å². The molecule has 0 aromatic heterocycles. The van der Waals surface area contributed by atoms with Crippen LogP contribution in [-0.2, 0) is 9.53 Å². The van der Waals surface area contributed by atoms with Gasteiger partial charge in [-0.3, -0.25) is 14.9 Å². The smallest absolute Gasteiger partial charge is 0.325 e. The highest BCUT2D eigenvalue weighted by Crippen LogP contribution is 2.28. The van der Waals surface area contributed by atoms with Gasteiger partial charge in [0.05, 0.1) is 24.8 Å². The van der Waals surface area contributed by atoms with Crippen molar-refractivity contribution in [3.05, 3.63) is 28.3 Å². The molecule has 0 spiro atoms. The lowest BCUT2D eigenvalue weighted by Gasteiger charge is -2.09. The van der Waals surface area contributed by atoms with Gasteiger partial charge < -0.3 is 14.8 Å². The van der Waals surface area contributed by atoms with Crippen molar-refractivity contribution in [3.8, 4) is 5.75 Å². The molecule has 92 valence electrons. The highest BCUT2D eigenvalue weighted by molar-refractivity contribution is 5.76. The first kappa shape index (κ1) is 12.8. The number of non-ortho nitro benzene ring substituents is 1. The van der Waals surface area contributed by atoms with Gasteiger partial charge in [0.25, 0.3) is 5.69 Å². The molecule has 0 bridgehead atoms. The standard InChI is InChI=1S/C10H12N2O5/c1-16-9-4-3-7(12(14)15)5-8(9)11-6-10(13)17-2/h3-5,11H,6H2,1-2H3. The fraction of sp³-hybridized carbons (Fsp3) is 0.300. The first-order chi connectivity index (χ1) is 8.08. The summed E-state index contributed by atoms with van der Waals surface area (Å²) in [7, 11) is 2.69. The molecular weight excluding hydrogens is 228 g/mol. The number of nitrogens with zero attached hydrogens (tertiary/aromatic N) is 1. The molecule has 17 heavy (non-hydrogen) atoms. The molecule has 0 fully saturated rings. The molecule has 0 saturated heterocycles. The van der Waals surface area contributed by atoms with Crippen LogP contribution in [0.25, 0.3) is 0 Å². The van der Waals surface area contributed by atoms with Crippen LogP contribution < -0.4 is 10.1 Å². The van der Waals surface area contributed by atoms with E-state index in [2.05, 4.69) is 10.1 Å². The number of carbonyl (C=O) groups is 1. The largest absolute Gasteiger partial charge is 0.495 e. The molecule has 0 aliphatic carbocycles. The molecule has 0 aliphatic heterocycles. The lowest BCUT2D eigenvalue weighted by Crippen LogP contribution is -2.15. The van der Waals surface area contributed by atoms with Crippen LogP contribution >= 0.6 is 0 Å². The van der Waals surface area contributed by atoms with Crippen molar-refractivity contribution in [3.63, 3.8) is 0 Å². The number of hydrogen-bond acceptors (Lipinski definition) is 6. The number of nitro groups is 1. The van der Waals surface area contributed by atoms with Gasteiger partial charge in [-0.05, 0) is 6.07 Å². The Morgan fingerprint density at radius 3 is 2.71 bits per heavy atom. The predicted molar refractivity (Wildman–Crippen MR) is 60.2 cm³/mol. The quantitative estimate of drug-likeness (QED) is 0.472. The molecule has 0 radical (unpaired) electrons. The van der Waals surface area contributed by atoms with Crippen molar-refractivity contribution in [2.75, 3.05) is 26.1 Å². The van der Waals surface area contributed by atoms with E-state index in [0.717, 1.165) is 0 Å². The lowest BCUT2D eigenvalue weighted by molar-refractivity contribution is -0.384. The summed E-state index contributed by atoms with van der Waals surface area (Å²) in [6.07, 6.45) is 0. The summed E-state index contributed by atoms with van der Waals surface area (Å²) in [5, 5.41) is 13.3. The second kappa shape index (κ2) is 5.69. The third-order valence-corrected chi connectivity index (χ3v) is 2.04. The fourth-order valence-corrected chi connectivity index (χ4v) is 1.19. The summed E-state index contributed by atoms with van der Waals surface area (Å²) in [6, 6.07) is 4.07. The van der Waals surface area contributed by atoms with E-state index in [9.17, 15) is 14.9 Å². The molecule has 7 heteroatoms. The zero-order chi connectivity index (χ0) is 12.8. The molecule has 0 unspecified atom stereocenters. The normalized spacial score (nSPS) is 9.53.